The fourth-order valence-electron chi connectivity index (χ4n) is 5.21. The van der Waals surface area contributed by atoms with Crippen LogP contribution in [0.1, 0.15) is 42.8 Å². The van der Waals surface area contributed by atoms with Gasteiger partial charge in [-0.2, -0.15) is 0 Å². The van der Waals surface area contributed by atoms with E-state index < -0.39 is 0 Å². The van der Waals surface area contributed by atoms with E-state index in [-0.39, 0.29) is 18.0 Å². The van der Waals surface area contributed by atoms with Crippen LogP contribution in [0.15, 0.2) is 54.6 Å². The summed E-state index contributed by atoms with van der Waals surface area (Å²) in [7, 11) is 3.28. The molecular weight excluding hydrogens is 470 g/mol. The second kappa shape index (κ2) is 9.82. The van der Waals surface area contributed by atoms with Gasteiger partial charge in [0.25, 0.3) is 5.91 Å². The molecule has 2 aromatic carbocycles. The number of aromatic nitrogens is 1. The van der Waals surface area contributed by atoms with E-state index in [1.807, 2.05) is 59.5 Å². The Labute approximate surface area is 215 Å². The lowest BCUT2D eigenvalue weighted by atomic mass is 9.96. The van der Waals surface area contributed by atoms with Crippen molar-refractivity contribution in [3.63, 3.8) is 0 Å². The Bertz CT molecular complexity index is 1410. The third-order valence-corrected chi connectivity index (χ3v) is 8.18. The summed E-state index contributed by atoms with van der Waals surface area (Å²) < 4.78 is 11.2. The second-order valence-corrected chi connectivity index (χ2v) is 10.4. The number of nitrogens with zero attached hydrogens (tertiary/aromatic N) is 2. The van der Waals surface area contributed by atoms with Crippen LogP contribution in [0, 0.1) is 0 Å². The molecule has 1 fully saturated rings. The molecule has 0 unspecified atom stereocenters. The first-order valence-electron chi connectivity index (χ1n) is 12.3. The Hall–Kier alpha value is -3.58. The lowest BCUT2D eigenvalue weighted by molar-refractivity contribution is 0.0517. The lowest BCUT2D eigenvalue weighted by Crippen LogP contribution is -2.47. The molecule has 0 bridgehead atoms. The molecule has 7 heteroatoms. The van der Waals surface area contributed by atoms with Crippen molar-refractivity contribution >= 4 is 33.1 Å². The molecule has 5 rings (SSSR count). The van der Waals surface area contributed by atoms with Crippen molar-refractivity contribution in [2.24, 2.45) is 0 Å². The zero-order valence-corrected chi connectivity index (χ0v) is 21.9. The topological polar surface area (TPSA) is 77.7 Å². The summed E-state index contributed by atoms with van der Waals surface area (Å²) in [5, 5.41) is 0.770. The molecule has 1 aliphatic heterocycles. The molecule has 0 spiro atoms. The van der Waals surface area contributed by atoms with Crippen molar-refractivity contribution in [3.05, 3.63) is 59.5 Å². The number of thiophene rings is 1. The molecule has 186 valence electrons. The number of piperidine rings is 1. The van der Waals surface area contributed by atoms with Crippen molar-refractivity contribution in [1.82, 2.24) is 9.88 Å². The number of ether oxygens (including phenoxy) is 2. The highest BCUT2D eigenvalue weighted by atomic mass is 32.1. The zero-order valence-electron chi connectivity index (χ0n) is 21.1. The van der Waals surface area contributed by atoms with Crippen LogP contribution in [-0.2, 0) is 0 Å². The number of amides is 1. The highest BCUT2D eigenvalue weighted by molar-refractivity contribution is 7.21. The van der Waals surface area contributed by atoms with Crippen molar-refractivity contribution in [1.29, 1.82) is 0 Å². The summed E-state index contributed by atoms with van der Waals surface area (Å²) in [5.41, 5.74) is 10.7. The van der Waals surface area contributed by atoms with Crippen LogP contribution >= 0.6 is 11.3 Å². The summed E-state index contributed by atoms with van der Waals surface area (Å²) in [5.74, 6) is 1.39. The predicted octanol–water partition coefficient (Wildman–Crippen LogP) is 6.63. The largest absolute Gasteiger partial charge is 0.497 e. The zero-order chi connectivity index (χ0) is 25.4. The Morgan fingerprint density at radius 3 is 2.39 bits per heavy atom. The number of anilines is 1. The molecule has 1 amide bonds. The van der Waals surface area contributed by atoms with Gasteiger partial charge in [0.2, 0.25) is 0 Å². The number of carbonyl (C=O) groups excluding carboxylic acids is 1. The van der Waals surface area contributed by atoms with Crippen molar-refractivity contribution in [3.8, 4) is 33.9 Å². The molecule has 6 nitrogen and oxygen atoms in total. The maximum Gasteiger partial charge on any atom is 0.266 e. The van der Waals surface area contributed by atoms with Gasteiger partial charge in [0.1, 0.15) is 21.2 Å². The molecule has 4 aromatic rings. The average Bonchev–Trinajstić information content (AvgIpc) is 3.24. The Morgan fingerprint density at radius 2 is 1.72 bits per heavy atom. The Kier molecular flexibility index (Phi) is 6.58. The van der Waals surface area contributed by atoms with E-state index in [1.165, 1.54) is 11.3 Å². The number of likely N-dealkylation sites (tertiary alicyclic amines) is 1. The van der Waals surface area contributed by atoms with E-state index in [9.17, 15) is 4.79 Å². The minimum atomic E-state index is -0.0139. The standard InChI is InChI=1S/C29H31N3O3S/c1-17-9-8-10-18(2)32(17)29(33)27-26(30)25-22(21-15-20(34-3)13-14-24(21)35-4)16-23(31-28(25)36-27)19-11-6-5-7-12-19/h5-7,11-18H,8-10,30H2,1-4H3/t17-,18-/m0/s1. The normalized spacial score (nSPS) is 17.8. The van der Waals surface area contributed by atoms with E-state index in [4.69, 9.17) is 20.2 Å². The maximum atomic E-state index is 13.8. The smallest absolute Gasteiger partial charge is 0.266 e. The number of methoxy groups -OCH3 is 2. The fourth-order valence-corrected chi connectivity index (χ4v) is 6.28. The average molecular weight is 502 g/mol. The number of hydrogen-bond acceptors (Lipinski definition) is 6. The van der Waals surface area contributed by atoms with Gasteiger partial charge in [-0.15, -0.1) is 11.3 Å². The molecular formula is C29H31N3O3S. The van der Waals surface area contributed by atoms with E-state index in [0.29, 0.717) is 22.1 Å². The van der Waals surface area contributed by atoms with Crippen molar-refractivity contribution in [2.75, 3.05) is 20.0 Å². The van der Waals surface area contributed by atoms with Gasteiger partial charge in [-0.25, -0.2) is 4.98 Å². The van der Waals surface area contributed by atoms with Crippen LogP contribution in [0.2, 0.25) is 0 Å². The van der Waals surface area contributed by atoms with Crippen LogP contribution in [0.5, 0.6) is 11.5 Å². The molecule has 1 aliphatic rings. The number of fused-ring (bicyclic) bond motifs is 1. The van der Waals surface area contributed by atoms with Crippen LogP contribution in [0.3, 0.4) is 0 Å². The SMILES string of the molecule is COc1ccc(OC)c(-c2cc(-c3ccccc3)nc3sc(C(=O)N4[C@@H](C)CCC[C@@H]4C)c(N)c23)c1. The number of carbonyl (C=O) groups is 1. The van der Waals surface area contributed by atoms with Crippen LogP contribution < -0.4 is 15.2 Å². The molecule has 1 saturated heterocycles. The molecule has 0 aliphatic carbocycles. The lowest BCUT2D eigenvalue weighted by Gasteiger charge is -2.38. The number of benzene rings is 2. The highest BCUT2D eigenvalue weighted by Gasteiger charge is 2.33. The third kappa shape index (κ3) is 4.17. The van der Waals surface area contributed by atoms with Gasteiger partial charge in [0, 0.05) is 34.2 Å². The minimum Gasteiger partial charge on any atom is -0.497 e. The van der Waals surface area contributed by atoms with Gasteiger partial charge in [-0.1, -0.05) is 30.3 Å². The number of nitrogens with two attached hydrogens (primary N) is 1. The van der Waals surface area contributed by atoms with Gasteiger partial charge in [-0.3, -0.25) is 4.79 Å². The van der Waals surface area contributed by atoms with E-state index in [1.54, 1.807) is 14.2 Å². The summed E-state index contributed by atoms with van der Waals surface area (Å²) in [4.78, 5) is 22.1. The van der Waals surface area contributed by atoms with Crippen molar-refractivity contribution in [2.45, 2.75) is 45.2 Å². The number of rotatable bonds is 5. The van der Waals surface area contributed by atoms with Crippen LogP contribution in [0.4, 0.5) is 5.69 Å². The molecule has 0 saturated carbocycles. The number of hydrogen-bond donors (Lipinski definition) is 1. The second-order valence-electron chi connectivity index (χ2n) is 9.35. The van der Waals surface area contributed by atoms with E-state index >= 15 is 0 Å². The predicted molar refractivity (Wildman–Crippen MR) is 147 cm³/mol. The van der Waals surface area contributed by atoms with Gasteiger partial charge >= 0.3 is 0 Å². The quantitative estimate of drug-likeness (QED) is 0.332. The number of pyridine rings is 1. The fraction of sp³-hybridized carbons (Fsp3) is 0.310. The third-order valence-electron chi connectivity index (χ3n) is 7.09. The van der Waals surface area contributed by atoms with Gasteiger partial charge in [0.15, 0.2) is 0 Å². The summed E-state index contributed by atoms with van der Waals surface area (Å²) in [6, 6.07) is 18.1. The number of nitrogen functional groups attached to an aromatic ring is 1. The Morgan fingerprint density at radius 1 is 1.00 bits per heavy atom. The van der Waals surface area contributed by atoms with Gasteiger partial charge in [-0.05, 0) is 57.4 Å². The van der Waals surface area contributed by atoms with Gasteiger partial charge in [0.05, 0.1) is 25.6 Å². The van der Waals surface area contributed by atoms with E-state index in [0.717, 1.165) is 51.9 Å². The van der Waals surface area contributed by atoms with Crippen LogP contribution in [0.25, 0.3) is 32.6 Å². The van der Waals surface area contributed by atoms with Crippen LogP contribution in [-0.4, -0.2) is 42.1 Å². The molecule has 0 radical (unpaired) electrons. The first kappa shape index (κ1) is 24.1. The molecule has 36 heavy (non-hydrogen) atoms. The van der Waals surface area contributed by atoms with Gasteiger partial charge < -0.3 is 20.1 Å². The summed E-state index contributed by atoms with van der Waals surface area (Å²) >= 11 is 1.37. The monoisotopic (exact) mass is 501 g/mol. The first-order valence-corrected chi connectivity index (χ1v) is 13.1. The minimum absolute atomic E-state index is 0.0139. The highest BCUT2D eigenvalue weighted by Crippen LogP contribution is 2.45. The maximum absolute atomic E-state index is 13.8. The Balaban J connectivity index is 1.76. The van der Waals surface area contributed by atoms with Crippen molar-refractivity contribution < 1.29 is 14.3 Å². The summed E-state index contributed by atoms with van der Waals surface area (Å²) in [6.45, 7) is 4.24. The molecule has 3 heterocycles. The van der Waals surface area contributed by atoms with E-state index in [2.05, 4.69) is 13.8 Å². The molecule has 2 aromatic heterocycles. The molecule has 2 N–H and O–H groups in total. The first-order chi connectivity index (χ1) is 17.4. The molecule has 2 atom stereocenters. The summed E-state index contributed by atoms with van der Waals surface area (Å²) in [6.07, 6.45) is 3.14.